The number of nitrogens with one attached hydrogen (secondary N) is 1. The first-order chi connectivity index (χ1) is 9.90. The zero-order chi connectivity index (χ0) is 13.6. The summed E-state index contributed by atoms with van der Waals surface area (Å²) >= 11 is 0. The zero-order valence-corrected chi connectivity index (χ0v) is 13.7. The molecule has 2 saturated heterocycles. The Bertz CT molecular complexity index is 384. The summed E-state index contributed by atoms with van der Waals surface area (Å²) in [5.74, 6) is 1.75. The van der Waals surface area contributed by atoms with Gasteiger partial charge in [-0.05, 0) is 81.7 Å². The molecule has 0 saturated carbocycles. The van der Waals surface area contributed by atoms with E-state index in [2.05, 4.69) is 27.3 Å². The molecule has 118 valence electrons. The molecule has 1 unspecified atom stereocenters. The van der Waals surface area contributed by atoms with Crippen LogP contribution in [0.4, 0.5) is 0 Å². The van der Waals surface area contributed by atoms with E-state index in [-0.39, 0.29) is 12.4 Å². The van der Waals surface area contributed by atoms with Crippen molar-refractivity contribution in [1.29, 1.82) is 0 Å². The first-order valence-electron chi connectivity index (χ1n) is 8.22. The Labute approximate surface area is 134 Å². The second-order valence-electron chi connectivity index (χ2n) is 6.52. The standard InChI is InChI=1S/C17H27N3.ClH/c1-3-16(12-18-7-1)11-15-5-9-20(10-6-15)14-17-4-2-8-19-13-17;/h1,3,7,12,15,17,19H,2,4-6,8-11,13-14H2;1H. The molecule has 3 rings (SSSR count). The van der Waals surface area contributed by atoms with E-state index in [9.17, 15) is 0 Å². The Morgan fingerprint density at radius 2 is 2.05 bits per heavy atom. The van der Waals surface area contributed by atoms with Gasteiger partial charge in [-0.3, -0.25) is 4.98 Å². The first kappa shape index (κ1) is 16.7. The normalized spacial score (nSPS) is 24.5. The fourth-order valence-corrected chi connectivity index (χ4v) is 3.67. The molecular weight excluding hydrogens is 282 g/mol. The SMILES string of the molecule is Cl.c1cncc(CC2CCN(CC3CCCNC3)CC2)c1. The van der Waals surface area contributed by atoms with Crippen molar-refractivity contribution >= 4 is 12.4 Å². The van der Waals surface area contributed by atoms with Crippen LogP contribution in [-0.4, -0.2) is 42.6 Å². The van der Waals surface area contributed by atoms with Gasteiger partial charge in [0.1, 0.15) is 0 Å². The number of nitrogens with zero attached hydrogens (tertiary/aromatic N) is 2. The van der Waals surface area contributed by atoms with E-state index >= 15 is 0 Å². The monoisotopic (exact) mass is 309 g/mol. The minimum atomic E-state index is 0. The van der Waals surface area contributed by atoms with Crippen molar-refractivity contribution in [2.24, 2.45) is 11.8 Å². The molecule has 3 nitrogen and oxygen atoms in total. The van der Waals surface area contributed by atoms with E-state index in [0.717, 1.165) is 11.8 Å². The summed E-state index contributed by atoms with van der Waals surface area (Å²) in [6.45, 7) is 6.36. The van der Waals surface area contributed by atoms with Gasteiger partial charge in [0.15, 0.2) is 0 Å². The molecule has 21 heavy (non-hydrogen) atoms. The highest BCUT2D eigenvalue weighted by atomic mass is 35.5. The average molecular weight is 310 g/mol. The molecule has 2 aliphatic rings. The van der Waals surface area contributed by atoms with Crippen LogP contribution < -0.4 is 5.32 Å². The van der Waals surface area contributed by atoms with Gasteiger partial charge in [-0.2, -0.15) is 0 Å². The molecule has 2 fully saturated rings. The van der Waals surface area contributed by atoms with Crippen molar-refractivity contribution < 1.29 is 0 Å². The zero-order valence-electron chi connectivity index (χ0n) is 12.8. The van der Waals surface area contributed by atoms with E-state index < -0.39 is 0 Å². The average Bonchev–Trinajstić information content (AvgIpc) is 2.51. The summed E-state index contributed by atoms with van der Waals surface area (Å²) in [4.78, 5) is 6.92. The largest absolute Gasteiger partial charge is 0.316 e. The lowest BCUT2D eigenvalue weighted by Gasteiger charge is -2.35. The van der Waals surface area contributed by atoms with Gasteiger partial charge in [0.2, 0.25) is 0 Å². The molecule has 1 atom stereocenters. The molecule has 1 aromatic heterocycles. The highest BCUT2D eigenvalue weighted by Gasteiger charge is 2.22. The molecule has 3 heterocycles. The van der Waals surface area contributed by atoms with Crippen LogP contribution in [0.25, 0.3) is 0 Å². The van der Waals surface area contributed by atoms with E-state index in [1.165, 1.54) is 70.4 Å². The van der Waals surface area contributed by atoms with Gasteiger partial charge >= 0.3 is 0 Å². The second-order valence-corrected chi connectivity index (χ2v) is 6.52. The van der Waals surface area contributed by atoms with E-state index in [0.29, 0.717) is 0 Å². The number of halogens is 1. The first-order valence-corrected chi connectivity index (χ1v) is 8.22. The van der Waals surface area contributed by atoms with Gasteiger partial charge in [-0.1, -0.05) is 6.07 Å². The van der Waals surface area contributed by atoms with Crippen LogP contribution in [0.1, 0.15) is 31.2 Å². The number of pyridine rings is 1. The van der Waals surface area contributed by atoms with Crippen molar-refractivity contribution in [2.45, 2.75) is 32.1 Å². The number of hydrogen-bond acceptors (Lipinski definition) is 3. The van der Waals surface area contributed by atoms with Crippen molar-refractivity contribution in [3.05, 3.63) is 30.1 Å². The van der Waals surface area contributed by atoms with Gasteiger partial charge in [0, 0.05) is 18.9 Å². The Kier molecular flexibility index (Phi) is 6.94. The lowest BCUT2D eigenvalue weighted by atomic mass is 9.90. The third-order valence-electron chi connectivity index (χ3n) is 4.87. The summed E-state index contributed by atoms with van der Waals surface area (Å²) in [6.07, 6.45) is 10.6. The van der Waals surface area contributed by atoms with Gasteiger partial charge in [-0.15, -0.1) is 12.4 Å². The summed E-state index contributed by atoms with van der Waals surface area (Å²) in [5.41, 5.74) is 1.41. The predicted octanol–water partition coefficient (Wildman–Crippen LogP) is 2.76. The molecule has 0 radical (unpaired) electrons. The Balaban J connectivity index is 0.00000161. The molecule has 4 heteroatoms. The molecular formula is C17H28ClN3. The van der Waals surface area contributed by atoms with Gasteiger partial charge in [0.05, 0.1) is 0 Å². The lowest BCUT2D eigenvalue weighted by molar-refractivity contribution is 0.150. The van der Waals surface area contributed by atoms with Crippen LogP contribution >= 0.6 is 12.4 Å². The molecule has 1 aromatic rings. The second kappa shape index (κ2) is 8.72. The summed E-state index contributed by atoms with van der Waals surface area (Å²) in [6, 6.07) is 4.27. The lowest BCUT2D eigenvalue weighted by Crippen LogP contribution is -2.42. The predicted molar refractivity (Wildman–Crippen MR) is 89.9 cm³/mol. The Morgan fingerprint density at radius 1 is 1.19 bits per heavy atom. The van der Waals surface area contributed by atoms with Crippen LogP contribution in [-0.2, 0) is 6.42 Å². The molecule has 0 bridgehead atoms. The fraction of sp³-hybridized carbons (Fsp3) is 0.706. The number of aromatic nitrogens is 1. The molecule has 2 aliphatic heterocycles. The maximum absolute atomic E-state index is 4.23. The molecule has 1 N–H and O–H groups in total. The molecule has 0 aliphatic carbocycles. The van der Waals surface area contributed by atoms with Crippen molar-refractivity contribution in [2.75, 3.05) is 32.7 Å². The Hall–Kier alpha value is -0.640. The van der Waals surface area contributed by atoms with Crippen LogP contribution in [0, 0.1) is 11.8 Å². The number of likely N-dealkylation sites (tertiary alicyclic amines) is 1. The van der Waals surface area contributed by atoms with Gasteiger partial charge in [-0.25, -0.2) is 0 Å². The summed E-state index contributed by atoms with van der Waals surface area (Å²) in [5, 5.41) is 3.53. The summed E-state index contributed by atoms with van der Waals surface area (Å²) in [7, 11) is 0. The molecule has 0 aromatic carbocycles. The van der Waals surface area contributed by atoms with Crippen molar-refractivity contribution in [1.82, 2.24) is 15.2 Å². The summed E-state index contributed by atoms with van der Waals surface area (Å²) < 4.78 is 0. The third kappa shape index (κ3) is 5.24. The van der Waals surface area contributed by atoms with E-state index in [1.54, 1.807) is 0 Å². The fourth-order valence-electron chi connectivity index (χ4n) is 3.67. The van der Waals surface area contributed by atoms with Crippen molar-refractivity contribution in [3.63, 3.8) is 0 Å². The van der Waals surface area contributed by atoms with Crippen LogP contribution in [0.2, 0.25) is 0 Å². The third-order valence-corrected chi connectivity index (χ3v) is 4.87. The van der Waals surface area contributed by atoms with E-state index in [1.807, 2.05) is 12.4 Å². The van der Waals surface area contributed by atoms with Crippen LogP contribution in [0.3, 0.4) is 0 Å². The number of rotatable bonds is 4. The topological polar surface area (TPSA) is 28.2 Å². The highest BCUT2D eigenvalue weighted by Crippen LogP contribution is 2.23. The van der Waals surface area contributed by atoms with Gasteiger partial charge < -0.3 is 10.2 Å². The number of hydrogen-bond donors (Lipinski definition) is 1. The maximum atomic E-state index is 4.23. The Morgan fingerprint density at radius 3 is 2.71 bits per heavy atom. The highest BCUT2D eigenvalue weighted by molar-refractivity contribution is 5.85. The van der Waals surface area contributed by atoms with Crippen LogP contribution in [0.15, 0.2) is 24.5 Å². The van der Waals surface area contributed by atoms with E-state index in [4.69, 9.17) is 0 Å². The smallest absolute Gasteiger partial charge is 0.0299 e. The maximum Gasteiger partial charge on any atom is 0.0299 e. The minimum Gasteiger partial charge on any atom is -0.316 e. The van der Waals surface area contributed by atoms with Crippen LogP contribution in [0.5, 0.6) is 0 Å². The van der Waals surface area contributed by atoms with Gasteiger partial charge in [0.25, 0.3) is 0 Å². The molecule has 0 amide bonds. The quantitative estimate of drug-likeness (QED) is 0.927. The minimum absolute atomic E-state index is 0. The number of piperidine rings is 2. The molecule has 0 spiro atoms. The van der Waals surface area contributed by atoms with Crippen molar-refractivity contribution in [3.8, 4) is 0 Å².